The Kier molecular flexibility index (Phi) is 3.66. The monoisotopic (exact) mass is 289 g/mol. The summed E-state index contributed by atoms with van der Waals surface area (Å²) in [6.45, 7) is 2.23. The number of fused-ring (bicyclic) bond motifs is 1. The Hall–Kier alpha value is -2.27. The molecule has 0 radical (unpaired) electrons. The first-order valence-electron chi connectivity index (χ1n) is 6.71. The summed E-state index contributed by atoms with van der Waals surface area (Å²) < 4.78 is 24.2. The molecule has 1 heterocycles. The third-order valence-electron chi connectivity index (χ3n) is 3.39. The Morgan fingerprint density at radius 1 is 1.19 bits per heavy atom. The van der Waals surface area contributed by atoms with Crippen LogP contribution in [0.4, 0.5) is 10.1 Å². The van der Waals surface area contributed by atoms with Gasteiger partial charge in [0.25, 0.3) is 0 Å². The van der Waals surface area contributed by atoms with Crippen molar-refractivity contribution in [3.05, 3.63) is 53.3 Å². The Morgan fingerprint density at radius 3 is 2.81 bits per heavy atom. The van der Waals surface area contributed by atoms with E-state index in [0.717, 1.165) is 5.56 Å². The van der Waals surface area contributed by atoms with Gasteiger partial charge in [-0.3, -0.25) is 0 Å². The van der Waals surface area contributed by atoms with Crippen LogP contribution in [0.15, 0.2) is 36.4 Å². The van der Waals surface area contributed by atoms with Crippen molar-refractivity contribution >= 4 is 5.69 Å². The van der Waals surface area contributed by atoms with E-state index in [1.165, 1.54) is 6.07 Å². The van der Waals surface area contributed by atoms with E-state index in [1.807, 2.05) is 13.0 Å². The molecule has 2 N–H and O–H groups in total. The molecule has 21 heavy (non-hydrogen) atoms. The summed E-state index contributed by atoms with van der Waals surface area (Å²) in [5.41, 5.74) is 1.93. The molecule has 2 aromatic rings. The van der Waals surface area contributed by atoms with Crippen molar-refractivity contribution < 1.29 is 19.0 Å². The predicted molar refractivity (Wildman–Crippen MR) is 77.2 cm³/mol. The van der Waals surface area contributed by atoms with Gasteiger partial charge in [-0.25, -0.2) is 4.39 Å². The molecule has 1 unspecified atom stereocenters. The second-order valence-corrected chi connectivity index (χ2v) is 4.99. The molecule has 0 amide bonds. The highest BCUT2D eigenvalue weighted by Crippen LogP contribution is 2.34. The third kappa shape index (κ3) is 2.92. The highest BCUT2D eigenvalue weighted by Gasteiger charge is 2.16. The number of hydrogen-bond donors (Lipinski definition) is 2. The molecule has 0 spiro atoms. The zero-order chi connectivity index (χ0) is 14.8. The van der Waals surface area contributed by atoms with Crippen molar-refractivity contribution in [1.82, 2.24) is 0 Å². The maximum atomic E-state index is 13.7. The molecular formula is C16H16FNO3. The number of aliphatic hydroxyl groups excluding tert-OH is 1. The molecule has 4 nitrogen and oxygen atoms in total. The second kappa shape index (κ2) is 5.61. The quantitative estimate of drug-likeness (QED) is 0.908. The molecule has 0 aliphatic carbocycles. The van der Waals surface area contributed by atoms with Gasteiger partial charge in [0.1, 0.15) is 5.82 Å². The second-order valence-electron chi connectivity index (χ2n) is 4.99. The van der Waals surface area contributed by atoms with Crippen LogP contribution in [0.2, 0.25) is 0 Å². The van der Waals surface area contributed by atoms with Gasteiger partial charge in [-0.1, -0.05) is 12.1 Å². The van der Waals surface area contributed by atoms with Crippen LogP contribution in [0.25, 0.3) is 0 Å². The lowest BCUT2D eigenvalue weighted by Gasteiger charge is -2.14. The molecule has 0 fully saturated rings. The number of halogens is 1. The van der Waals surface area contributed by atoms with Gasteiger partial charge in [0.15, 0.2) is 11.5 Å². The minimum Gasteiger partial charge on any atom is -0.454 e. The number of rotatable bonds is 4. The van der Waals surface area contributed by atoms with Gasteiger partial charge in [0, 0.05) is 6.54 Å². The molecule has 5 heteroatoms. The van der Waals surface area contributed by atoms with Gasteiger partial charge >= 0.3 is 0 Å². The first-order chi connectivity index (χ1) is 10.1. The van der Waals surface area contributed by atoms with Gasteiger partial charge < -0.3 is 19.9 Å². The van der Waals surface area contributed by atoms with Crippen LogP contribution < -0.4 is 14.8 Å². The topological polar surface area (TPSA) is 50.7 Å². The van der Waals surface area contributed by atoms with E-state index in [4.69, 9.17) is 9.47 Å². The average molecular weight is 289 g/mol. The van der Waals surface area contributed by atoms with Crippen LogP contribution in [0.5, 0.6) is 11.5 Å². The smallest absolute Gasteiger partial charge is 0.231 e. The van der Waals surface area contributed by atoms with E-state index in [9.17, 15) is 9.50 Å². The number of anilines is 1. The minimum absolute atomic E-state index is 0.196. The number of nitrogens with one attached hydrogen (secondary N) is 1. The minimum atomic E-state index is -0.764. The summed E-state index contributed by atoms with van der Waals surface area (Å²) in [5, 5.41) is 13.1. The Labute approximate surface area is 122 Å². The number of benzene rings is 2. The van der Waals surface area contributed by atoms with Crippen LogP contribution >= 0.6 is 0 Å². The van der Waals surface area contributed by atoms with Crippen molar-refractivity contribution in [2.45, 2.75) is 13.0 Å². The number of hydrogen-bond acceptors (Lipinski definition) is 4. The molecule has 0 aromatic heterocycles. The van der Waals surface area contributed by atoms with Crippen molar-refractivity contribution in [2.75, 3.05) is 18.7 Å². The van der Waals surface area contributed by atoms with E-state index < -0.39 is 6.10 Å². The van der Waals surface area contributed by atoms with Gasteiger partial charge in [0.2, 0.25) is 6.79 Å². The maximum Gasteiger partial charge on any atom is 0.231 e. The molecule has 3 rings (SSSR count). The summed E-state index contributed by atoms with van der Waals surface area (Å²) in [6.07, 6.45) is -0.764. The number of ether oxygens (including phenoxy) is 2. The van der Waals surface area contributed by atoms with E-state index in [-0.39, 0.29) is 19.2 Å². The van der Waals surface area contributed by atoms with Crippen molar-refractivity contribution in [3.8, 4) is 11.5 Å². The fraction of sp³-hybridized carbons (Fsp3) is 0.250. The lowest BCUT2D eigenvalue weighted by molar-refractivity contribution is 0.173. The average Bonchev–Trinajstić information content (AvgIpc) is 2.93. The number of aliphatic hydroxyl groups is 1. The highest BCUT2D eigenvalue weighted by atomic mass is 19.1. The first-order valence-corrected chi connectivity index (χ1v) is 6.71. The van der Waals surface area contributed by atoms with E-state index in [1.54, 1.807) is 24.3 Å². The zero-order valence-electron chi connectivity index (χ0n) is 11.6. The Bertz CT molecular complexity index is 660. The summed E-state index contributed by atoms with van der Waals surface area (Å²) in [6, 6.07) is 10.2. The standard InChI is InChI=1S/C16H16FNO3/c1-10-2-4-13(12(17)6-10)18-8-14(19)11-3-5-15-16(7-11)21-9-20-15/h2-7,14,18-19H,8-9H2,1H3. The molecular weight excluding hydrogens is 273 g/mol. The molecule has 0 bridgehead atoms. The molecule has 0 saturated carbocycles. The molecule has 1 atom stereocenters. The van der Waals surface area contributed by atoms with Crippen molar-refractivity contribution in [3.63, 3.8) is 0 Å². The van der Waals surface area contributed by atoms with Gasteiger partial charge in [-0.15, -0.1) is 0 Å². The SMILES string of the molecule is Cc1ccc(NCC(O)c2ccc3c(c2)OCO3)c(F)c1. The summed E-state index contributed by atoms with van der Waals surface area (Å²) in [5.74, 6) is 0.962. The molecule has 1 aliphatic heterocycles. The van der Waals surface area contributed by atoms with E-state index >= 15 is 0 Å². The van der Waals surface area contributed by atoms with Crippen LogP contribution in [0, 0.1) is 12.7 Å². The maximum absolute atomic E-state index is 13.7. The van der Waals surface area contributed by atoms with Gasteiger partial charge in [-0.2, -0.15) is 0 Å². The zero-order valence-corrected chi connectivity index (χ0v) is 11.6. The lowest BCUT2D eigenvalue weighted by Crippen LogP contribution is -2.13. The summed E-state index contributed by atoms with van der Waals surface area (Å²) in [4.78, 5) is 0. The predicted octanol–water partition coefficient (Wildman–Crippen LogP) is 3.01. The fourth-order valence-corrected chi connectivity index (χ4v) is 2.21. The van der Waals surface area contributed by atoms with Gasteiger partial charge in [-0.05, 0) is 42.3 Å². The molecule has 1 aliphatic rings. The Morgan fingerprint density at radius 2 is 2.00 bits per heavy atom. The fourth-order valence-electron chi connectivity index (χ4n) is 2.21. The van der Waals surface area contributed by atoms with Crippen LogP contribution in [0.1, 0.15) is 17.2 Å². The summed E-state index contributed by atoms with van der Waals surface area (Å²) >= 11 is 0. The first kappa shape index (κ1) is 13.7. The lowest BCUT2D eigenvalue weighted by atomic mass is 10.1. The largest absolute Gasteiger partial charge is 0.454 e. The third-order valence-corrected chi connectivity index (χ3v) is 3.39. The molecule has 110 valence electrons. The van der Waals surface area contributed by atoms with Crippen molar-refractivity contribution in [2.24, 2.45) is 0 Å². The van der Waals surface area contributed by atoms with E-state index in [0.29, 0.717) is 22.7 Å². The van der Waals surface area contributed by atoms with Gasteiger partial charge in [0.05, 0.1) is 11.8 Å². The summed E-state index contributed by atoms with van der Waals surface area (Å²) in [7, 11) is 0. The van der Waals surface area contributed by atoms with E-state index in [2.05, 4.69) is 5.32 Å². The Balaban J connectivity index is 1.67. The molecule has 2 aromatic carbocycles. The normalized spacial score (nSPS) is 14.0. The number of aryl methyl sites for hydroxylation is 1. The van der Waals surface area contributed by atoms with Crippen molar-refractivity contribution in [1.29, 1.82) is 0 Å². The van der Waals surface area contributed by atoms with Crippen LogP contribution in [0.3, 0.4) is 0 Å². The molecule has 0 saturated heterocycles. The highest BCUT2D eigenvalue weighted by molar-refractivity contribution is 5.48. The van der Waals surface area contributed by atoms with Crippen LogP contribution in [-0.2, 0) is 0 Å². The van der Waals surface area contributed by atoms with Crippen LogP contribution in [-0.4, -0.2) is 18.4 Å².